The highest BCUT2D eigenvalue weighted by Crippen LogP contribution is 2.29. The summed E-state index contributed by atoms with van der Waals surface area (Å²) in [6, 6.07) is 11.1. The first-order valence-corrected chi connectivity index (χ1v) is 8.02. The van der Waals surface area contributed by atoms with Gasteiger partial charge in [0.2, 0.25) is 0 Å². The molecule has 122 valence electrons. The summed E-state index contributed by atoms with van der Waals surface area (Å²) in [5.74, 6) is -0.916. The van der Waals surface area contributed by atoms with Gasteiger partial charge in [0.25, 0.3) is 0 Å². The fraction of sp³-hybridized carbons (Fsp3) is 0.250. The normalized spacial score (nSPS) is 13.5. The molecule has 1 aliphatic carbocycles. The van der Waals surface area contributed by atoms with Gasteiger partial charge in [-0.25, -0.2) is 0 Å². The standard InChI is InChI=1S/C20H18O4/c1-3-20(24,4-2)19(23)12-9-10-15-16(11-12)18(22)14-8-6-5-7-13(14)17(15)21/h5-11,24H,3-4H2,1-2H3. The molecule has 2 aromatic rings. The highest BCUT2D eigenvalue weighted by molar-refractivity contribution is 6.28. The smallest absolute Gasteiger partial charge is 0.194 e. The van der Waals surface area contributed by atoms with Crippen LogP contribution in [0.2, 0.25) is 0 Å². The Balaban J connectivity index is 2.11. The first-order valence-electron chi connectivity index (χ1n) is 8.02. The fourth-order valence-electron chi connectivity index (χ4n) is 3.08. The largest absolute Gasteiger partial charge is 0.382 e. The molecule has 0 saturated heterocycles. The Kier molecular flexibility index (Phi) is 3.93. The molecule has 4 heteroatoms. The Hall–Kier alpha value is -2.59. The van der Waals surface area contributed by atoms with E-state index in [-0.39, 0.29) is 35.5 Å². The van der Waals surface area contributed by atoms with Crippen LogP contribution in [0.5, 0.6) is 0 Å². The van der Waals surface area contributed by atoms with E-state index in [1.807, 2.05) is 0 Å². The molecule has 24 heavy (non-hydrogen) atoms. The summed E-state index contributed by atoms with van der Waals surface area (Å²) in [6.45, 7) is 3.48. The van der Waals surface area contributed by atoms with Crippen molar-refractivity contribution in [1.29, 1.82) is 0 Å². The highest BCUT2D eigenvalue weighted by Gasteiger charge is 2.35. The molecule has 0 saturated carbocycles. The van der Waals surface area contributed by atoms with E-state index in [4.69, 9.17) is 0 Å². The number of hydrogen-bond acceptors (Lipinski definition) is 4. The van der Waals surface area contributed by atoms with Gasteiger partial charge in [0.1, 0.15) is 5.60 Å². The van der Waals surface area contributed by atoms with Crippen molar-refractivity contribution in [1.82, 2.24) is 0 Å². The maximum absolute atomic E-state index is 12.7. The third kappa shape index (κ3) is 2.31. The number of carbonyl (C=O) groups is 3. The SMILES string of the molecule is CCC(O)(CC)C(=O)c1ccc2c(c1)C(=O)c1ccccc1C2=O. The first-order chi connectivity index (χ1) is 11.4. The average Bonchev–Trinajstić information content (AvgIpc) is 2.64. The molecule has 0 fully saturated rings. The Morgan fingerprint density at radius 2 is 1.38 bits per heavy atom. The zero-order valence-electron chi connectivity index (χ0n) is 13.6. The fourth-order valence-corrected chi connectivity index (χ4v) is 3.08. The molecular formula is C20H18O4. The van der Waals surface area contributed by atoms with Crippen LogP contribution >= 0.6 is 0 Å². The second-order valence-electron chi connectivity index (χ2n) is 6.03. The van der Waals surface area contributed by atoms with Gasteiger partial charge in [-0.15, -0.1) is 0 Å². The second-order valence-corrected chi connectivity index (χ2v) is 6.03. The molecule has 0 aliphatic heterocycles. The van der Waals surface area contributed by atoms with Crippen molar-refractivity contribution in [2.75, 3.05) is 0 Å². The third-order valence-electron chi connectivity index (χ3n) is 4.78. The molecule has 1 N–H and O–H groups in total. The molecule has 0 atom stereocenters. The molecule has 0 bridgehead atoms. The lowest BCUT2D eigenvalue weighted by atomic mass is 9.81. The lowest BCUT2D eigenvalue weighted by Crippen LogP contribution is -2.37. The van der Waals surface area contributed by atoms with Gasteiger partial charge in [-0.3, -0.25) is 14.4 Å². The Bertz CT molecular complexity index is 860. The van der Waals surface area contributed by atoms with Crippen molar-refractivity contribution < 1.29 is 19.5 Å². The molecular weight excluding hydrogens is 304 g/mol. The molecule has 0 radical (unpaired) electrons. The first kappa shape index (κ1) is 16.3. The number of rotatable bonds is 4. The zero-order chi connectivity index (χ0) is 17.5. The van der Waals surface area contributed by atoms with Gasteiger partial charge in [0.05, 0.1) is 0 Å². The van der Waals surface area contributed by atoms with Crippen molar-refractivity contribution in [3.63, 3.8) is 0 Å². The summed E-state index contributed by atoms with van der Waals surface area (Å²) in [5.41, 5.74) is 0.0494. The van der Waals surface area contributed by atoms with Crippen molar-refractivity contribution >= 4 is 17.3 Å². The van der Waals surface area contributed by atoms with Crippen LogP contribution in [-0.4, -0.2) is 28.1 Å². The summed E-state index contributed by atoms with van der Waals surface area (Å²) < 4.78 is 0. The Morgan fingerprint density at radius 1 is 0.875 bits per heavy atom. The van der Waals surface area contributed by atoms with Crippen LogP contribution in [-0.2, 0) is 0 Å². The molecule has 0 amide bonds. The van der Waals surface area contributed by atoms with Gasteiger partial charge in [0, 0.05) is 27.8 Å². The molecule has 0 unspecified atom stereocenters. The van der Waals surface area contributed by atoms with Crippen LogP contribution in [0.15, 0.2) is 42.5 Å². The molecule has 0 heterocycles. The van der Waals surface area contributed by atoms with E-state index in [1.165, 1.54) is 18.2 Å². The van der Waals surface area contributed by atoms with Crippen molar-refractivity contribution in [3.05, 3.63) is 70.3 Å². The third-order valence-corrected chi connectivity index (χ3v) is 4.78. The zero-order valence-corrected chi connectivity index (χ0v) is 13.6. The second kappa shape index (κ2) is 5.80. The highest BCUT2D eigenvalue weighted by atomic mass is 16.3. The molecule has 4 nitrogen and oxygen atoms in total. The maximum atomic E-state index is 12.7. The van der Waals surface area contributed by atoms with Gasteiger partial charge >= 0.3 is 0 Å². The van der Waals surface area contributed by atoms with Crippen LogP contribution in [0, 0.1) is 0 Å². The summed E-state index contributed by atoms with van der Waals surface area (Å²) >= 11 is 0. The van der Waals surface area contributed by atoms with Crippen molar-refractivity contribution in [3.8, 4) is 0 Å². The molecule has 3 rings (SSSR count). The predicted octanol–water partition coefficient (Wildman–Crippen LogP) is 3.20. The van der Waals surface area contributed by atoms with E-state index in [0.717, 1.165) is 0 Å². The number of aliphatic hydroxyl groups is 1. The van der Waals surface area contributed by atoms with Crippen LogP contribution < -0.4 is 0 Å². The molecule has 0 spiro atoms. The lowest BCUT2D eigenvalue weighted by Gasteiger charge is -2.24. The predicted molar refractivity (Wildman–Crippen MR) is 89.6 cm³/mol. The number of ketones is 3. The van der Waals surface area contributed by atoms with Gasteiger partial charge in [0.15, 0.2) is 17.3 Å². The van der Waals surface area contributed by atoms with Crippen LogP contribution in [0.3, 0.4) is 0 Å². The summed E-state index contributed by atoms with van der Waals surface area (Å²) in [6.07, 6.45) is 0.574. The minimum Gasteiger partial charge on any atom is -0.382 e. The summed E-state index contributed by atoms with van der Waals surface area (Å²) in [5, 5.41) is 10.4. The number of hydrogen-bond donors (Lipinski definition) is 1. The van der Waals surface area contributed by atoms with E-state index in [0.29, 0.717) is 16.7 Å². The number of benzene rings is 2. The van der Waals surface area contributed by atoms with E-state index in [9.17, 15) is 19.5 Å². The minimum atomic E-state index is -1.45. The minimum absolute atomic E-state index is 0.221. The summed E-state index contributed by atoms with van der Waals surface area (Å²) in [4.78, 5) is 37.9. The van der Waals surface area contributed by atoms with E-state index < -0.39 is 11.4 Å². The maximum Gasteiger partial charge on any atom is 0.194 e. The van der Waals surface area contributed by atoms with E-state index in [2.05, 4.69) is 0 Å². The van der Waals surface area contributed by atoms with Gasteiger partial charge in [-0.05, 0) is 25.0 Å². The number of Topliss-reactive ketones (excluding diaryl/α,β-unsaturated/α-hetero) is 1. The lowest BCUT2D eigenvalue weighted by molar-refractivity contribution is 0.0277. The van der Waals surface area contributed by atoms with E-state index in [1.54, 1.807) is 38.1 Å². The molecule has 0 aromatic heterocycles. The van der Waals surface area contributed by atoms with Crippen LogP contribution in [0.25, 0.3) is 0 Å². The quantitative estimate of drug-likeness (QED) is 0.749. The van der Waals surface area contributed by atoms with E-state index >= 15 is 0 Å². The summed E-state index contributed by atoms with van der Waals surface area (Å²) in [7, 11) is 0. The number of fused-ring (bicyclic) bond motifs is 2. The molecule has 1 aliphatic rings. The van der Waals surface area contributed by atoms with Crippen molar-refractivity contribution in [2.24, 2.45) is 0 Å². The monoisotopic (exact) mass is 322 g/mol. The topological polar surface area (TPSA) is 71.4 Å². The Labute approximate surface area is 140 Å². The number of carbonyl (C=O) groups excluding carboxylic acids is 3. The molecule has 2 aromatic carbocycles. The van der Waals surface area contributed by atoms with Crippen molar-refractivity contribution in [2.45, 2.75) is 32.3 Å². The van der Waals surface area contributed by atoms with Gasteiger partial charge in [-0.2, -0.15) is 0 Å². The van der Waals surface area contributed by atoms with Crippen LogP contribution in [0.1, 0.15) is 68.9 Å². The van der Waals surface area contributed by atoms with Gasteiger partial charge < -0.3 is 5.11 Å². The van der Waals surface area contributed by atoms with Gasteiger partial charge in [-0.1, -0.05) is 44.2 Å². The average molecular weight is 322 g/mol. The Morgan fingerprint density at radius 3 is 1.92 bits per heavy atom. The van der Waals surface area contributed by atoms with Crippen LogP contribution in [0.4, 0.5) is 0 Å².